The highest BCUT2D eigenvalue weighted by atomic mass is 32.2. The number of ether oxygens (including phenoxy) is 2. The topological polar surface area (TPSA) is 64.8 Å². The lowest BCUT2D eigenvalue weighted by atomic mass is 10.0. The lowest BCUT2D eigenvalue weighted by Crippen LogP contribution is -2.48. The van der Waals surface area contributed by atoms with Gasteiger partial charge < -0.3 is 20.1 Å². The van der Waals surface area contributed by atoms with E-state index in [1.807, 2.05) is 36.3 Å². The maximum Gasteiger partial charge on any atom is 0.239 e. The normalized spacial score (nSPS) is 15.3. The van der Waals surface area contributed by atoms with Crippen LogP contribution in [0.2, 0.25) is 0 Å². The summed E-state index contributed by atoms with van der Waals surface area (Å²) in [5.74, 6) is 2.50. The number of rotatable bonds is 8. The van der Waals surface area contributed by atoms with Crippen molar-refractivity contribution < 1.29 is 14.3 Å². The molecule has 1 aromatic carbocycles. The molecule has 2 rings (SSSR count). The molecule has 1 heterocycles. The lowest BCUT2D eigenvalue weighted by molar-refractivity contribution is -0.134. The minimum atomic E-state index is -0.415. The minimum Gasteiger partial charge on any atom is -0.454 e. The Balaban J connectivity index is 1.99. The van der Waals surface area contributed by atoms with Gasteiger partial charge in [-0.2, -0.15) is 11.8 Å². The Bertz CT molecular complexity index is 539. The summed E-state index contributed by atoms with van der Waals surface area (Å²) in [5.41, 5.74) is 7.17. The molecule has 0 saturated heterocycles. The third-order valence-electron chi connectivity index (χ3n) is 4.07. The Morgan fingerprint density at radius 3 is 2.83 bits per heavy atom. The fourth-order valence-corrected chi connectivity index (χ4v) is 3.27. The molecule has 2 atom stereocenters. The Hall–Kier alpha value is -1.40. The summed E-state index contributed by atoms with van der Waals surface area (Å²) >= 11 is 1.71. The van der Waals surface area contributed by atoms with E-state index in [1.54, 1.807) is 11.8 Å². The first-order valence-corrected chi connectivity index (χ1v) is 9.39. The van der Waals surface area contributed by atoms with Crippen molar-refractivity contribution >= 4 is 17.7 Å². The molecule has 0 aliphatic carbocycles. The van der Waals surface area contributed by atoms with E-state index in [0.717, 1.165) is 29.2 Å². The molecule has 0 bridgehead atoms. The molecule has 1 aliphatic rings. The van der Waals surface area contributed by atoms with Crippen molar-refractivity contribution in [2.24, 2.45) is 5.73 Å². The fraction of sp³-hybridized carbons (Fsp3) is 0.588. The molecule has 0 saturated carbocycles. The smallest absolute Gasteiger partial charge is 0.239 e. The van der Waals surface area contributed by atoms with Gasteiger partial charge in [-0.05, 0) is 56.4 Å². The van der Waals surface area contributed by atoms with Crippen molar-refractivity contribution in [3.8, 4) is 11.5 Å². The molecule has 2 N–H and O–H groups in total. The molecule has 0 spiro atoms. The predicted molar refractivity (Wildman–Crippen MR) is 94.1 cm³/mol. The van der Waals surface area contributed by atoms with Gasteiger partial charge in [-0.3, -0.25) is 4.79 Å². The highest BCUT2D eigenvalue weighted by molar-refractivity contribution is 7.98. The number of fused-ring (bicyclic) bond motifs is 1. The van der Waals surface area contributed by atoms with Gasteiger partial charge in [-0.25, -0.2) is 0 Å². The Morgan fingerprint density at radius 2 is 2.13 bits per heavy atom. The molecule has 1 aliphatic heterocycles. The number of likely N-dealkylation sites (N-methyl/N-ethyl adjacent to an activating group) is 1. The summed E-state index contributed by atoms with van der Waals surface area (Å²) in [4.78, 5) is 14.4. The van der Waals surface area contributed by atoms with Crippen LogP contribution >= 0.6 is 11.8 Å². The second kappa shape index (κ2) is 8.45. The first-order valence-electron chi connectivity index (χ1n) is 8.00. The quantitative estimate of drug-likeness (QED) is 0.788. The summed E-state index contributed by atoms with van der Waals surface area (Å²) in [6.07, 6.45) is 3.51. The predicted octanol–water partition coefficient (Wildman–Crippen LogP) is 2.28. The van der Waals surface area contributed by atoms with Crippen molar-refractivity contribution in [2.75, 3.05) is 25.3 Å². The fourth-order valence-electron chi connectivity index (χ4n) is 2.79. The summed E-state index contributed by atoms with van der Waals surface area (Å²) < 4.78 is 10.7. The standard InChI is InChI=1S/C17H26N2O3S/c1-4-19(17(20)14(18)7-8-23-3)12(2)9-13-5-6-15-16(10-13)22-11-21-15/h5-6,10,12,14H,4,7-9,11,18H2,1-3H3/t12?,14-/m0/s1. The number of hydrogen-bond donors (Lipinski definition) is 1. The van der Waals surface area contributed by atoms with Crippen LogP contribution in [0.5, 0.6) is 11.5 Å². The Morgan fingerprint density at radius 1 is 1.39 bits per heavy atom. The molecule has 1 amide bonds. The Labute approximate surface area is 142 Å². The monoisotopic (exact) mass is 338 g/mol. The number of amides is 1. The van der Waals surface area contributed by atoms with E-state index < -0.39 is 6.04 Å². The zero-order chi connectivity index (χ0) is 16.8. The van der Waals surface area contributed by atoms with Crippen LogP contribution in [0.3, 0.4) is 0 Å². The van der Waals surface area contributed by atoms with E-state index in [0.29, 0.717) is 13.0 Å². The molecule has 0 radical (unpaired) electrons. The van der Waals surface area contributed by atoms with E-state index in [2.05, 4.69) is 6.92 Å². The number of carbonyl (C=O) groups excluding carboxylic acids is 1. The maximum absolute atomic E-state index is 12.5. The molecule has 1 unspecified atom stereocenters. The van der Waals surface area contributed by atoms with E-state index in [1.165, 1.54) is 0 Å². The van der Waals surface area contributed by atoms with Gasteiger partial charge in [0, 0.05) is 12.6 Å². The zero-order valence-corrected chi connectivity index (χ0v) is 14.9. The highest BCUT2D eigenvalue weighted by Crippen LogP contribution is 2.33. The average Bonchev–Trinajstić information content (AvgIpc) is 3.00. The number of carbonyl (C=O) groups is 1. The minimum absolute atomic E-state index is 0.0368. The molecule has 6 heteroatoms. The summed E-state index contributed by atoms with van der Waals surface area (Å²) in [7, 11) is 0. The van der Waals surface area contributed by atoms with Crippen LogP contribution in [0.25, 0.3) is 0 Å². The van der Waals surface area contributed by atoms with Crippen LogP contribution in [0.4, 0.5) is 0 Å². The van der Waals surface area contributed by atoms with E-state index in [-0.39, 0.29) is 18.7 Å². The number of hydrogen-bond acceptors (Lipinski definition) is 5. The highest BCUT2D eigenvalue weighted by Gasteiger charge is 2.24. The van der Waals surface area contributed by atoms with Crippen molar-refractivity contribution in [3.63, 3.8) is 0 Å². The first-order chi connectivity index (χ1) is 11.1. The molecule has 5 nitrogen and oxygen atoms in total. The second-order valence-corrected chi connectivity index (χ2v) is 6.74. The maximum atomic E-state index is 12.5. The number of thioether (sulfide) groups is 1. The summed E-state index contributed by atoms with van der Waals surface area (Å²) in [5, 5.41) is 0. The van der Waals surface area contributed by atoms with Gasteiger partial charge in [0.25, 0.3) is 0 Å². The van der Waals surface area contributed by atoms with E-state index >= 15 is 0 Å². The third kappa shape index (κ3) is 4.54. The lowest BCUT2D eigenvalue weighted by Gasteiger charge is -2.30. The van der Waals surface area contributed by atoms with Gasteiger partial charge in [-0.15, -0.1) is 0 Å². The van der Waals surface area contributed by atoms with Crippen molar-refractivity contribution in [2.45, 2.75) is 38.8 Å². The molecule has 0 aromatic heterocycles. The van der Waals surface area contributed by atoms with Crippen LogP contribution in [0.1, 0.15) is 25.8 Å². The third-order valence-corrected chi connectivity index (χ3v) is 4.72. The van der Waals surface area contributed by atoms with Gasteiger partial charge in [0.05, 0.1) is 6.04 Å². The van der Waals surface area contributed by atoms with E-state index in [9.17, 15) is 4.79 Å². The molecule has 0 fully saturated rings. The van der Waals surface area contributed by atoms with Gasteiger partial charge in [0.1, 0.15) is 0 Å². The van der Waals surface area contributed by atoms with Crippen LogP contribution in [0, 0.1) is 0 Å². The van der Waals surface area contributed by atoms with Crippen molar-refractivity contribution in [1.82, 2.24) is 4.90 Å². The SMILES string of the molecule is CCN(C(=O)[C@@H](N)CCSC)C(C)Cc1ccc2c(c1)OCO2. The molecular weight excluding hydrogens is 312 g/mol. The number of benzene rings is 1. The number of nitrogens with two attached hydrogens (primary N) is 1. The second-order valence-electron chi connectivity index (χ2n) is 5.75. The first kappa shape index (κ1) is 17.9. The van der Waals surface area contributed by atoms with Crippen molar-refractivity contribution in [3.05, 3.63) is 23.8 Å². The van der Waals surface area contributed by atoms with Crippen LogP contribution < -0.4 is 15.2 Å². The largest absolute Gasteiger partial charge is 0.454 e. The molecule has 1 aromatic rings. The van der Waals surface area contributed by atoms with E-state index in [4.69, 9.17) is 15.2 Å². The zero-order valence-electron chi connectivity index (χ0n) is 14.1. The molecule has 128 valence electrons. The average molecular weight is 338 g/mol. The summed E-state index contributed by atoms with van der Waals surface area (Å²) in [6, 6.07) is 5.61. The molecule has 23 heavy (non-hydrogen) atoms. The summed E-state index contributed by atoms with van der Waals surface area (Å²) in [6.45, 7) is 5.00. The Kier molecular flexibility index (Phi) is 6.59. The van der Waals surface area contributed by atoms with Crippen LogP contribution in [-0.2, 0) is 11.2 Å². The van der Waals surface area contributed by atoms with Gasteiger partial charge in [0.2, 0.25) is 12.7 Å². The van der Waals surface area contributed by atoms with Crippen LogP contribution in [0.15, 0.2) is 18.2 Å². The number of nitrogens with zero attached hydrogens (tertiary/aromatic N) is 1. The van der Waals surface area contributed by atoms with Crippen LogP contribution in [-0.4, -0.2) is 48.2 Å². The molecular formula is C17H26N2O3S. The van der Waals surface area contributed by atoms with Gasteiger partial charge in [0.15, 0.2) is 11.5 Å². The van der Waals surface area contributed by atoms with Crippen molar-refractivity contribution in [1.29, 1.82) is 0 Å². The van der Waals surface area contributed by atoms with Gasteiger partial charge in [-0.1, -0.05) is 6.07 Å². The van der Waals surface area contributed by atoms with Gasteiger partial charge >= 0.3 is 0 Å².